The minimum Gasteiger partial charge on any atom is -0.352 e. The predicted molar refractivity (Wildman–Crippen MR) is 75.5 cm³/mol. The summed E-state index contributed by atoms with van der Waals surface area (Å²) in [7, 11) is 0. The average molecular weight is 268 g/mol. The van der Waals surface area contributed by atoms with Crippen molar-refractivity contribution in [3.05, 3.63) is 59.9 Å². The van der Waals surface area contributed by atoms with Gasteiger partial charge in [0.1, 0.15) is 6.54 Å². The standard InChI is InChI=1S/C16H16N2O2/c19-15(17-13-8-9-13)11-18-10-4-7-14(18)16(20)12-5-2-1-3-6-12/h1-7,10,13H,8-9,11H2,(H,17,19). The summed E-state index contributed by atoms with van der Waals surface area (Å²) in [6, 6.07) is 13.0. The van der Waals surface area contributed by atoms with E-state index in [1.165, 1.54) is 0 Å². The molecule has 3 rings (SSSR count). The van der Waals surface area contributed by atoms with Crippen molar-refractivity contribution in [3.63, 3.8) is 0 Å². The SMILES string of the molecule is O=C(Cn1cccc1C(=O)c1ccccc1)NC1CC1. The summed E-state index contributed by atoms with van der Waals surface area (Å²) in [6.45, 7) is 0.192. The van der Waals surface area contributed by atoms with Gasteiger partial charge < -0.3 is 9.88 Å². The highest BCUT2D eigenvalue weighted by atomic mass is 16.2. The Kier molecular flexibility index (Phi) is 3.37. The van der Waals surface area contributed by atoms with Crippen LogP contribution in [0.25, 0.3) is 0 Å². The zero-order chi connectivity index (χ0) is 13.9. The zero-order valence-corrected chi connectivity index (χ0v) is 11.1. The van der Waals surface area contributed by atoms with E-state index in [-0.39, 0.29) is 18.2 Å². The lowest BCUT2D eigenvalue weighted by molar-refractivity contribution is -0.121. The maximum Gasteiger partial charge on any atom is 0.240 e. The van der Waals surface area contributed by atoms with Crippen molar-refractivity contribution in [1.29, 1.82) is 0 Å². The molecule has 0 bridgehead atoms. The van der Waals surface area contributed by atoms with Crippen molar-refractivity contribution in [1.82, 2.24) is 9.88 Å². The van der Waals surface area contributed by atoms with Crippen LogP contribution in [-0.2, 0) is 11.3 Å². The molecule has 0 aliphatic heterocycles. The molecule has 102 valence electrons. The third-order valence-corrected chi connectivity index (χ3v) is 3.35. The molecule has 1 aromatic carbocycles. The largest absolute Gasteiger partial charge is 0.352 e. The van der Waals surface area contributed by atoms with Crippen LogP contribution in [0.4, 0.5) is 0 Å². The highest BCUT2D eigenvalue weighted by molar-refractivity contribution is 6.08. The van der Waals surface area contributed by atoms with E-state index in [2.05, 4.69) is 5.32 Å². The number of nitrogens with one attached hydrogen (secondary N) is 1. The second-order valence-electron chi connectivity index (χ2n) is 5.06. The number of carbonyl (C=O) groups excluding carboxylic acids is 2. The molecule has 1 amide bonds. The Labute approximate surface area is 117 Å². The molecule has 1 saturated carbocycles. The third-order valence-electron chi connectivity index (χ3n) is 3.35. The molecule has 0 saturated heterocycles. The molecule has 4 heteroatoms. The van der Waals surface area contributed by atoms with E-state index < -0.39 is 0 Å². The summed E-state index contributed by atoms with van der Waals surface area (Å²) < 4.78 is 1.70. The van der Waals surface area contributed by atoms with Crippen LogP contribution in [-0.4, -0.2) is 22.3 Å². The van der Waals surface area contributed by atoms with Crippen molar-refractivity contribution >= 4 is 11.7 Å². The van der Waals surface area contributed by atoms with Crippen LogP contribution in [0.1, 0.15) is 28.9 Å². The number of benzene rings is 1. The number of carbonyl (C=O) groups is 2. The lowest BCUT2D eigenvalue weighted by atomic mass is 10.1. The third kappa shape index (κ3) is 2.79. The van der Waals surface area contributed by atoms with Crippen LogP contribution < -0.4 is 5.32 Å². The molecule has 1 aliphatic rings. The lowest BCUT2D eigenvalue weighted by Gasteiger charge is -2.09. The highest BCUT2D eigenvalue weighted by Crippen LogP contribution is 2.18. The Balaban J connectivity index is 1.75. The summed E-state index contributed by atoms with van der Waals surface area (Å²) >= 11 is 0. The first-order valence-corrected chi connectivity index (χ1v) is 6.78. The fourth-order valence-electron chi connectivity index (χ4n) is 2.15. The van der Waals surface area contributed by atoms with Gasteiger partial charge in [-0.1, -0.05) is 30.3 Å². The van der Waals surface area contributed by atoms with E-state index in [4.69, 9.17) is 0 Å². The first-order chi connectivity index (χ1) is 9.74. The molecule has 2 aromatic rings. The van der Waals surface area contributed by atoms with Gasteiger partial charge in [-0.3, -0.25) is 9.59 Å². The quantitative estimate of drug-likeness (QED) is 0.843. The number of aromatic nitrogens is 1. The van der Waals surface area contributed by atoms with E-state index in [1.807, 2.05) is 18.2 Å². The topological polar surface area (TPSA) is 51.1 Å². The summed E-state index contributed by atoms with van der Waals surface area (Å²) in [5.74, 6) is -0.0966. The second-order valence-corrected chi connectivity index (χ2v) is 5.06. The summed E-state index contributed by atoms with van der Waals surface area (Å²) in [6.07, 6.45) is 3.89. The minimum atomic E-state index is -0.0604. The summed E-state index contributed by atoms with van der Waals surface area (Å²) in [4.78, 5) is 24.2. The maximum absolute atomic E-state index is 12.4. The van der Waals surface area contributed by atoms with E-state index >= 15 is 0 Å². The van der Waals surface area contributed by atoms with Crippen LogP contribution in [0, 0.1) is 0 Å². The van der Waals surface area contributed by atoms with Gasteiger partial charge in [0.05, 0.1) is 5.69 Å². The fraction of sp³-hybridized carbons (Fsp3) is 0.250. The number of rotatable bonds is 5. The molecule has 0 spiro atoms. The van der Waals surface area contributed by atoms with Crippen molar-refractivity contribution in [2.75, 3.05) is 0 Å². The van der Waals surface area contributed by atoms with Crippen molar-refractivity contribution < 1.29 is 9.59 Å². The van der Waals surface area contributed by atoms with Gasteiger partial charge in [-0.15, -0.1) is 0 Å². The Bertz CT molecular complexity index is 627. The number of ketones is 1. The molecule has 0 atom stereocenters. The fourth-order valence-corrected chi connectivity index (χ4v) is 2.15. The van der Waals surface area contributed by atoms with Gasteiger partial charge in [0.25, 0.3) is 0 Å². The monoisotopic (exact) mass is 268 g/mol. The Morgan fingerprint density at radius 3 is 2.55 bits per heavy atom. The van der Waals surface area contributed by atoms with Gasteiger partial charge in [-0.25, -0.2) is 0 Å². The summed E-state index contributed by atoms with van der Waals surface area (Å²) in [5, 5.41) is 2.93. The Morgan fingerprint density at radius 2 is 1.85 bits per heavy atom. The second kappa shape index (κ2) is 5.33. The Morgan fingerprint density at radius 1 is 1.10 bits per heavy atom. The van der Waals surface area contributed by atoms with Gasteiger partial charge in [-0.2, -0.15) is 0 Å². The van der Waals surface area contributed by atoms with Crippen LogP contribution in [0.15, 0.2) is 48.7 Å². The summed E-state index contributed by atoms with van der Waals surface area (Å²) in [5.41, 5.74) is 1.18. The molecule has 1 aliphatic carbocycles. The molecule has 1 N–H and O–H groups in total. The smallest absolute Gasteiger partial charge is 0.240 e. The first kappa shape index (κ1) is 12.7. The minimum absolute atomic E-state index is 0.0363. The van der Waals surface area contributed by atoms with Crippen LogP contribution in [0.5, 0.6) is 0 Å². The van der Waals surface area contributed by atoms with E-state index in [1.54, 1.807) is 35.0 Å². The first-order valence-electron chi connectivity index (χ1n) is 6.78. The van der Waals surface area contributed by atoms with Crippen molar-refractivity contribution in [3.8, 4) is 0 Å². The van der Waals surface area contributed by atoms with Gasteiger partial charge in [0, 0.05) is 17.8 Å². The van der Waals surface area contributed by atoms with E-state index in [0.29, 0.717) is 17.3 Å². The highest BCUT2D eigenvalue weighted by Gasteiger charge is 2.23. The maximum atomic E-state index is 12.4. The molecular weight excluding hydrogens is 252 g/mol. The molecule has 1 heterocycles. The number of nitrogens with zero attached hydrogens (tertiary/aromatic N) is 1. The molecular formula is C16H16N2O2. The molecule has 4 nitrogen and oxygen atoms in total. The Hall–Kier alpha value is -2.36. The van der Waals surface area contributed by atoms with Crippen molar-refractivity contribution in [2.45, 2.75) is 25.4 Å². The number of hydrogen-bond donors (Lipinski definition) is 1. The number of amides is 1. The normalized spacial score (nSPS) is 14.0. The van der Waals surface area contributed by atoms with Crippen LogP contribution in [0.3, 0.4) is 0 Å². The van der Waals surface area contributed by atoms with Gasteiger partial charge in [0.15, 0.2) is 0 Å². The van der Waals surface area contributed by atoms with Crippen molar-refractivity contribution in [2.24, 2.45) is 0 Å². The van der Waals surface area contributed by atoms with Gasteiger partial charge in [-0.05, 0) is 25.0 Å². The van der Waals surface area contributed by atoms with Crippen LogP contribution in [0.2, 0.25) is 0 Å². The molecule has 20 heavy (non-hydrogen) atoms. The average Bonchev–Trinajstić information content (AvgIpc) is 3.15. The molecule has 1 aromatic heterocycles. The number of hydrogen-bond acceptors (Lipinski definition) is 2. The van der Waals surface area contributed by atoms with Gasteiger partial charge >= 0.3 is 0 Å². The molecule has 1 fully saturated rings. The predicted octanol–water partition coefficient (Wildman–Crippen LogP) is 2.00. The van der Waals surface area contributed by atoms with E-state index in [9.17, 15) is 9.59 Å². The molecule has 0 unspecified atom stereocenters. The van der Waals surface area contributed by atoms with E-state index in [0.717, 1.165) is 12.8 Å². The lowest BCUT2D eigenvalue weighted by Crippen LogP contribution is -2.30. The zero-order valence-electron chi connectivity index (χ0n) is 11.1. The molecule has 0 radical (unpaired) electrons. The van der Waals surface area contributed by atoms with Gasteiger partial charge in [0.2, 0.25) is 11.7 Å². The van der Waals surface area contributed by atoms with Crippen LogP contribution >= 0.6 is 0 Å².